The fourth-order valence-corrected chi connectivity index (χ4v) is 2.72. The van der Waals surface area contributed by atoms with Crippen molar-refractivity contribution >= 4 is 5.91 Å². The number of aliphatic hydroxyl groups is 1. The molecule has 1 heterocycles. The lowest BCUT2D eigenvalue weighted by Gasteiger charge is -2.21. The van der Waals surface area contributed by atoms with Crippen molar-refractivity contribution in [2.75, 3.05) is 19.6 Å². The number of alkyl halides is 3. The van der Waals surface area contributed by atoms with Gasteiger partial charge in [0, 0.05) is 12.6 Å². The highest BCUT2D eigenvalue weighted by molar-refractivity contribution is 5.78. The summed E-state index contributed by atoms with van der Waals surface area (Å²) in [6, 6.07) is 4.86. The number of hydrogen-bond donors (Lipinski definition) is 2. The fraction of sp³-hybridized carbons (Fsp3) is 0.562. The molecule has 23 heavy (non-hydrogen) atoms. The maximum atomic E-state index is 12.7. The number of carbonyl (C=O) groups excluding carboxylic acids is 1. The van der Waals surface area contributed by atoms with Gasteiger partial charge >= 0.3 is 6.18 Å². The molecule has 4 nitrogen and oxygen atoms in total. The summed E-state index contributed by atoms with van der Waals surface area (Å²) < 4.78 is 38.0. The van der Waals surface area contributed by atoms with Gasteiger partial charge in [0.2, 0.25) is 5.91 Å². The van der Waals surface area contributed by atoms with Crippen LogP contribution < -0.4 is 5.32 Å². The molecule has 2 atom stereocenters. The molecule has 1 aromatic rings. The van der Waals surface area contributed by atoms with Gasteiger partial charge in [-0.25, -0.2) is 0 Å². The molecule has 0 saturated carbocycles. The molecule has 1 aliphatic rings. The van der Waals surface area contributed by atoms with Gasteiger partial charge in [0.1, 0.15) is 0 Å². The highest BCUT2D eigenvalue weighted by Gasteiger charge is 2.31. The van der Waals surface area contributed by atoms with E-state index in [0.717, 1.165) is 31.5 Å². The van der Waals surface area contributed by atoms with Crippen LogP contribution in [0.5, 0.6) is 0 Å². The van der Waals surface area contributed by atoms with Gasteiger partial charge in [0.15, 0.2) is 0 Å². The van der Waals surface area contributed by atoms with E-state index in [2.05, 4.69) is 12.2 Å². The number of aliphatic hydroxyl groups excluding tert-OH is 1. The van der Waals surface area contributed by atoms with Crippen LogP contribution in [-0.2, 0) is 11.0 Å². The van der Waals surface area contributed by atoms with Gasteiger partial charge in [-0.1, -0.05) is 12.1 Å². The first-order chi connectivity index (χ1) is 10.8. The van der Waals surface area contributed by atoms with Crippen LogP contribution in [-0.4, -0.2) is 41.6 Å². The van der Waals surface area contributed by atoms with E-state index in [4.69, 9.17) is 0 Å². The standard InChI is InChI=1S/C16H21F3N2O2/c1-11-4-3-7-21(11)10-15(23)20-9-14(22)12-5-2-6-13(8-12)16(17,18)19/h2,5-6,8,11,14,22H,3-4,7,9-10H2,1H3,(H,20,23)/t11-,14+/m1/s1. The Morgan fingerprint density at radius 2 is 2.22 bits per heavy atom. The minimum absolute atomic E-state index is 0.109. The zero-order valence-electron chi connectivity index (χ0n) is 12.9. The Bertz CT molecular complexity index is 548. The molecule has 0 aromatic heterocycles. The largest absolute Gasteiger partial charge is 0.416 e. The normalized spacial score (nSPS) is 20.5. The third-order valence-electron chi connectivity index (χ3n) is 4.13. The third kappa shape index (κ3) is 4.94. The van der Waals surface area contributed by atoms with E-state index >= 15 is 0 Å². The Hall–Kier alpha value is -1.60. The maximum absolute atomic E-state index is 12.7. The van der Waals surface area contributed by atoms with Gasteiger partial charge in [-0.05, 0) is 44.0 Å². The molecular weight excluding hydrogens is 309 g/mol. The topological polar surface area (TPSA) is 52.6 Å². The van der Waals surface area contributed by atoms with Crippen molar-refractivity contribution in [2.24, 2.45) is 0 Å². The number of amides is 1. The molecule has 0 spiro atoms. The van der Waals surface area contributed by atoms with E-state index < -0.39 is 17.8 Å². The minimum Gasteiger partial charge on any atom is -0.387 e. The lowest BCUT2D eigenvalue weighted by molar-refractivity contribution is -0.137. The summed E-state index contributed by atoms with van der Waals surface area (Å²) in [5.41, 5.74) is -0.680. The highest BCUT2D eigenvalue weighted by atomic mass is 19.4. The van der Waals surface area contributed by atoms with Crippen molar-refractivity contribution in [1.82, 2.24) is 10.2 Å². The highest BCUT2D eigenvalue weighted by Crippen LogP contribution is 2.30. The fourth-order valence-electron chi connectivity index (χ4n) is 2.72. The molecule has 1 fully saturated rings. The summed E-state index contributed by atoms with van der Waals surface area (Å²) in [7, 11) is 0. The van der Waals surface area contributed by atoms with Crippen LogP contribution in [0.3, 0.4) is 0 Å². The molecule has 1 amide bonds. The average Bonchev–Trinajstić information content (AvgIpc) is 2.89. The van der Waals surface area contributed by atoms with Gasteiger partial charge in [-0.15, -0.1) is 0 Å². The summed E-state index contributed by atoms with van der Waals surface area (Å²) in [4.78, 5) is 13.9. The molecule has 2 rings (SSSR count). The van der Waals surface area contributed by atoms with E-state index in [1.54, 1.807) is 0 Å². The molecule has 1 aliphatic heterocycles. The lowest BCUT2D eigenvalue weighted by Crippen LogP contribution is -2.40. The van der Waals surface area contributed by atoms with Crippen LogP contribution in [0.1, 0.15) is 37.0 Å². The number of carbonyl (C=O) groups is 1. The number of likely N-dealkylation sites (tertiary alicyclic amines) is 1. The second kappa shape index (κ2) is 7.31. The molecule has 2 N–H and O–H groups in total. The smallest absolute Gasteiger partial charge is 0.387 e. The van der Waals surface area contributed by atoms with Crippen LogP contribution in [0, 0.1) is 0 Å². The Kier molecular flexibility index (Phi) is 5.64. The quantitative estimate of drug-likeness (QED) is 0.871. The van der Waals surface area contributed by atoms with E-state index in [1.165, 1.54) is 12.1 Å². The Labute approximate surface area is 133 Å². The van der Waals surface area contributed by atoms with Gasteiger partial charge < -0.3 is 10.4 Å². The van der Waals surface area contributed by atoms with Gasteiger partial charge in [-0.3, -0.25) is 9.69 Å². The lowest BCUT2D eigenvalue weighted by atomic mass is 10.1. The second-order valence-corrected chi connectivity index (χ2v) is 5.90. The number of rotatable bonds is 5. The molecule has 1 saturated heterocycles. The number of hydrogen-bond acceptors (Lipinski definition) is 3. The second-order valence-electron chi connectivity index (χ2n) is 5.90. The summed E-state index contributed by atoms with van der Waals surface area (Å²) in [5, 5.41) is 12.6. The number of benzene rings is 1. The first-order valence-corrected chi connectivity index (χ1v) is 7.63. The first kappa shape index (κ1) is 17.7. The van der Waals surface area contributed by atoms with Crippen molar-refractivity contribution in [1.29, 1.82) is 0 Å². The van der Waals surface area contributed by atoms with Crippen molar-refractivity contribution in [3.8, 4) is 0 Å². The molecule has 7 heteroatoms. The molecular formula is C16H21F3N2O2. The van der Waals surface area contributed by atoms with E-state index in [-0.39, 0.29) is 24.6 Å². The zero-order valence-corrected chi connectivity index (χ0v) is 12.9. The maximum Gasteiger partial charge on any atom is 0.416 e. The van der Waals surface area contributed by atoms with Crippen LogP contribution in [0.4, 0.5) is 13.2 Å². The van der Waals surface area contributed by atoms with Gasteiger partial charge in [-0.2, -0.15) is 13.2 Å². The Morgan fingerprint density at radius 3 is 2.83 bits per heavy atom. The summed E-state index contributed by atoms with van der Waals surface area (Å²) >= 11 is 0. The van der Waals surface area contributed by atoms with Crippen LogP contribution in [0.25, 0.3) is 0 Å². The SMILES string of the molecule is C[C@@H]1CCCN1CC(=O)NC[C@H](O)c1cccc(C(F)(F)F)c1. The number of nitrogens with one attached hydrogen (secondary N) is 1. The number of halogens is 3. The Morgan fingerprint density at radius 1 is 1.48 bits per heavy atom. The third-order valence-corrected chi connectivity index (χ3v) is 4.13. The van der Waals surface area contributed by atoms with Crippen LogP contribution >= 0.6 is 0 Å². The first-order valence-electron chi connectivity index (χ1n) is 7.63. The Balaban J connectivity index is 1.87. The minimum atomic E-state index is -4.45. The zero-order chi connectivity index (χ0) is 17.0. The van der Waals surface area contributed by atoms with Crippen LogP contribution in [0.2, 0.25) is 0 Å². The van der Waals surface area contributed by atoms with Crippen molar-refractivity contribution in [2.45, 2.75) is 38.1 Å². The van der Waals surface area contributed by atoms with Gasteiger partial charge in [0.05, 0.1) is 18.2 Å². The van der Waals surface area contributed by atoms with Crippen molar-refractivity contribution in [3.63, 3.8) is 0 Å². The molecule has 128 valence electrons. The summed E-state index contributed by atoms with van der Waals surface area (Å²) in [5.74, 6) is -0.232. The van der Waals surface area contributed by atoms with Crippen molar-refractivity contribution < 1.29 is 23.1 Å². The van der Waals surface area contributed by atoms with Crippen molar-refractivity contribution in [3.05, 3.63) is 35.4 Å². The van der Waals surface area contributed by atoms with E-state index in [0.29, 0.717) is 6.04 Å². The van der Waals surface area contributed by atoms with Gasteiger partial charge in [0.25, 0.3) is 0 Å². The summed E-state index contributed by atoms with van der Waals surface area (Å²) in [6.07, 6.45) is -3.51. The molecule has 0 aliphatic carbocycles. The monoisotopic (exact) mass is 330 g/mol. The predicted molar refractivity (Wildman–Crippen MR) is 79.7 cm³/mol. The molecule has 0 unspecified atom stereocenters. The molecule has 0 radical (unpaired) electrons. The predicted octanol–water partition coefficient (Wildman–Crippen LogP) is 2.34. The summed E-state index contributed by atoms with van der Waals surface area (Å²) in [6.45, 7) is 3.06. The van der Waals surface area contributed by atoms with E-state index in [9.17, 15) is 23.1 Å². The van der Waals surface area contributed by atoms with Crippen LogP contribution in [0.15, 0.2) is 24.3 Å². The van der Waals surface area contributed by atoms with E-state index in [1.807, 2.05) is 4.90 Å². The number of nitrogens with zero attached hydrogens (tertiary/aromatic N) is 1. The molecule has 0 bridgehead atoms. The average molecular weight is 330 g/mol. The molecule has 1 aromatic carbocycles.